The predicted octanol–water partition coefficient (Wildman–Crippen LogP) is 16.0. The number of hydrogen-bond acceptors (Lipinski definition) is 17. The molecular weight excluding hydrogens is 1790 g/mol. The normalized spacial score (nSPS) is 17.9. The van der Waals surface area contributed by atoms with Crippen molar-refractivity contribution in [2.45, 2.75) is 241 Å². The molecule has 1 aliphatic carbocycles. The Hall–Kier alpha value is -9.57. The lowest BCUT2D eigenvalue weighted by Gasteiger charge is -2.36. The van der Waals surface area contributed by atoms with Crippen LogP contribution in [0.2, 0.25) is 0 Å². The third-order valence-corrected chi connectivity index (χ3v) is 35.6. The van der Waals surface area contributed by atoms with Crippen molar-refractivity contribution in [3.05, 3.63) is 214 Å². The first kappa shape index (κ1) is 100. The summed E-state index contributed by atoms with van der Waals surface area (Å²) in [5.74, 6) is 0.959. The fourth-order valence-electron chi connectivity index (χ4n) is 19.8. The number of benzene rings is 8. The SMILES string of the molecule is CCc1ccc(N(C2CCCC2)S(=O)(=O)c2ccc3c(c2)CC(=O)N3CC2CCOCC2)cc1.CCc1ccc(N(CC(C)C)S(=O)(=O)c2ccc3c(c2)CC(=O)N3C2CCN(S(C)(=O)=O)CC2)cc1.CCc1ccc(N(CC(C)C)S(=O)(=O)c2ccc3c(c2)CC(=O)N3C2CCNCC2)cc1.CCc1ccc(N(CC(C)C)S(=O)(=O)c2ccc3c(c2)CC(=O)N3C2CCOCC2)cc1. The molecule has 1 N–H and O–H groups in total. The molecule has 0 unspecified atom stereocenters. The van der Waals surface area contributed by atoms with Gasteiger partial charge in [-0.15, -0.1) is 0 Å². The topological polar surface area (TPSA) is 299 Å². The second kappa shape index (κ2) is 43.4. The summed E-state index contributed by atoms with van der Waals surface area (Å²) >= 11 is 0. The first-order valence-electron chi connectivity index (χ1n) is 48.1. The fraction of sp³-hybridized carbons (Fsp3) is 0.495. The Bertz CT molecular complexity index is 5920. The van der Waals surface area contributed by atoms with Crippen LogP contribution in [0.1, 0.15) is 191 Å². The van der Waals surface area contributed by atoms with E-state index in [1.165, 1.54) is 40.2 Å². The number of sulfonamides is 5. The van der Waals surface area contributed by atoms with E-state index in [9.17, 15) is 61.3 Å². The number of carbonyl (C=O) groups excluding carboxylic acids is 4. The zero-order valence-electron chi connectivity index (χ0n) is 79.5. The molecule has 31 heteroatoms. The summed E-state index contributed by atoms with van der Waals surface area (Å²) in [6.45, 7) is 27.5. The van der Waals surface area contributed by atoms with Crippen molar-refractivity contribution in [3.8, 4) is 0 Å². The molecule has 0 spiro atoms. The lowest BCUT2D eigenvalue weighted by molar-refractivity contribution is -0.119. The molecule has 0 bridgehead atoms. The molecule has 0 radical (unpaired) electrons. The van der Waals surface area contributed by atoms with E-state index >= 15 is 0 Å². The van der Waals surface area contributed by atoms with Gasteiger partial charge in [0.1, 0.15) is 0 Å². The monoisotopic (exact) mass is 1930 g/mol. The van der Waals surface area contributed by atoms with Crippen LogP contribution in [0.4, 0.5) is 45.5 Å². The lowest BCUT2D eigenvalue weighted by Crippen LogP contribution is -2.47. The van der Waals surface area contributed by atoms with Gasteiger partial charge < -0.3 is 34.4 Å². The average Bonchev–Trinajstić information content (AvgIpc) is 1.60. The highest BCUT2D eigenvalue weighted by atomic mass is 32.2. The number of fused-ring (bicyclic) bond motifs is 4. The van der Waals surface area contributed by atoms with Gasteiger partial charge in [-0.25, -0.2) is 46.4 Å². The van der Waals surface area contributed by atoms with Crippen LogP contribution in [0, 0.1) is 23.7 Å². The van der Waals surface area contributed by atoms with Gasteiger partial charge in [0.25, 0.3) is 40.1 Å². The molecule has 4 saturated heterocycles. The molecular formula is C103H134N10O16S5. The maximum atomic E-state index is 14.0. The van der Waals surface area contributed by atoms with E-state index in [-0.39, 0.29) is 111 Å². The molecule has 1 saturated carbocycles. The molecule has 5 fully saturated rings. The van der Waals surface area contributed by atoms with Gasteiger partial charge in [-0.05, 0) is 292 Å². The second-order valence-corrected chi connectivity index (χ2v) is 47.4. The van der Waals surface area contributed by atoms with Crippen molar-refractivity contribution in [3.63, 3.8) is 0 Å². The number of anilines is 8. The number of aryl methyl sites for hydroxylation is 4. The largest absolute Gasteiger partial charge is 0.381 e. The standard InChI is InChI=1S/C27H34N2O4S.C26H35N3O5S2.C25H33N3O3S.C25H32N2O4S/c1-2-20-7-9-24(10-8-20)29(23-5-3-4-6-23)34(31,32)25-11-12-26-22(17-25)18-27(30)28(26)19-21-13-15-33-16-14-21;1-5-20-6-8-22(9-7-20)28(18-19(2)3)36(33,34)24-10-11-25-21(16-24)17-26(30)29(25)23-12-14-27(15-13-23)35(4,31)32;1-4-19-5-7-21(8-6-19)27(17-18(2)3)32(30,31)23-9-10-24-20(15-23)16-25(29)28(24)22-11-13-26-14-12-22;1-4-19-5-7-21(8-6-19)26(17-18(2)3)32(29,30)23-9-10-24-20(15-23)16-25(28)27(24)22-11-13-31-14-12-22/h7-12,17,21,23H,2-6,13-16,18-19H2,1H3;6-11,16,19,23H,5,12-15,17-18H2,1-4H3;5-10,15,18,22,26H,4,11-14,16-17H2,1-3H3;5-10,15,18,22H,4,11-14,16-17H2,1-3H3. The van der Waals surface area contributed by atoms with Crippen LogP contribution in [-0.2, 0) is 130 Å². The highest BCUT2D eigenvalue weighted by molar-refractivity contribution is 7.93. The molecule has 8 aromatic carbocycles. The van der Waals surface area contributed by atoms with Gasteiger partial charge in [0, 0.05) is 113 Å². The molecule has 8 aromatic rings. The van der Waals surface area contributed by atoms with E-state index in [0.717, 1.165) is 167 Å². The van der Waals surface area contributed by atoms with Gasteiger partial charge in [-0.2, -0.15) is 0 Å². The van der Waals surface area contributed by atoms with Crippen LogP contribution in [0.5, 0.6) is 0 Å². The molecule has 0 atom stereocenters. The Labute approximate surface area is 795 Å². The molecule has 134 heavy (non-hydrogen) atoms. The Morgan fingerprint density at radius 3 is 1.01 bits per heavy atom. The zero-order valence-corrected chi connectivity index (χ0v) is 83.6. The molecule has 722 valence electrons. The summed E-state index contributed by atoms with van der Waals surface area (Å²) in [4.78, 5) is 59.6. The first-order valence-corrected chi connectivity index (χ1v) is 55.7. The highest BCUT2D eigenvalue weighted by Crippen LogP contribution is 2.44. The fourth-order valence-corrected chi connectivity index (χ4v) is 27.4. The van der Waals surface area contributed by atoms with E-state index in [1.54, 1.807) is 69.9 Å². The van der Waals surface area contributed by atoms with Crippen LogP contribution in [0.15, 0.2) is 189 Å². The van der Waals surface area contributed by atoms with Crippen molar-refractivity contribution in [1.82, 2.24) is 9.62 Å². The van der Waals surface area contributed by atoms with E-state index in [2.05, 4.69) is 33.0 Å². The third-order valence-electron chi connectivity index (χ3n) is 27.1. The Morgan fingerprint density at radius 2 is 0.664 bits per heavy atom. The minimum absolute atomic E-state index is 0.0302. The van der Waals surface area contributed by atoms with Crippen molar-refractivity contribution < 1.29 is 70.7 Å². The van der Waals surface area contributed by atoms with E-state index in [1.807, 2.05) is 165 Å². The number of ether oxygens (including phenoxy) is 2. The predicted molar refractivity (Wildman–Crippen MR) is 531 cm³/mol. The van der Waals surface area contributed by atoms with Gasteiger partial charge in [0.15, 0.2) is 0 Å². The van der Waals surface area contributed by atoms with E-state index in [0.29, 0.717) is 93.9 Å². The summed E-state index contributed by atoms with van der Waals surface area (Å²) in [6, 6.07) is 51.6. The highest BCUT2D eigenvalue weighted by Gasteiger charge is 2.43. The quantitative estimate of drug-likeness (QED) is 0.0455. The number of carbonyl (C=O) groups is 4. The smallest absolute Gasteiger partial charge is 0.264 e. The third kappa shape index (κ3) is 22.8. The van der Waals surface area contributed by atoms with E-state index < -0.39 is 50.1 Å². The van der Waals surface area contributed by atoms with Gasteiger partial charge >= 0.3 is 0 Å². The minimum Gasteiger partial charge on any atom is -0.381 e. The van der Waals surface area contributed by atoms with Crippen LogP contribution in [0.3, 0.4) is 0 Å². The second-order valence-electron chi connectivity index (χ2n) is 38.0. The molecule has 4 amide bonds. The number of nitrogens with zero attached hydrogens (tertiary/aromatic N) is 9. The molecule has 26 nitrogen and oxygen atoms in total. The van der Waals surface area contributed by atoms with Gasteiger partial charge in [0.2, 0.25) is 33.7 Å². The average molecular weight is 1930 g/mol. The maximum Gasteiger partial charge on any atom is 0.264 e. The summed E-state index contributed by atoms with van der Waals surface area (Å²) in [7, 11) is -18.4. The molecule has 0 aromatic heterocycles. The van der Waals surface area contributed by atoms with Crippen LogP contribution in [-0.4, -0.2) is 179 Å². The van der Waals surface area contributed by atoms with Crippen molar-refractivity contribution >= 4 is 119 Å². The van der Waals surface area contributed by atoms with Crippen molar-refractivity contribution in [2.75, 3.05) is 122 Å². The van der Waals surface area contributed by atoms with Gasteiger partial charge in [-0.1, -0.05) is 131 Å². The molecule has 8 aliphatic heterocycles. The summed E-state index contributed by atoms with van der Waals surface area (Å²) in [6.07, 6.45) is 16.0. The lowest BCUT2D eigenvalue weighted by atomic mass is 10.00. The van der Waals surface area contributed by atoms with E-state index in [4.69, 9.17) is 9.47 Å². The molecule has 8 heterocycles. The summed E-state index contributed by atoms with van der Waals surface area (Å²) in [5, 5.41) is 3.33. The zero-order chi connectivity index (χ0) is 95.7. The minimum atomic E-state index is -3.84. The Balaban J connectivity index is 0.000000143. The van der Waals surface area contributed by atoms with Gasteiger partial charge in [0.05, 0.1) is 74.3 Å². The number of hydrogen-bond donors (Lipinski definition) is 1. The number of rotatable bonds is 29. The maximum absolute atomic E-state index is 14.0. The summed E-state index contributed by atoms with van der Waals surface area (Å²) in [5.41, 5.74) is 13.7. The van der Waals surface area contributed by atoms with Crippen LogP contribution >= 0.6 is 0 Å². The Kier molecular flexibility index (Phi) is 32.5. The van der Waals surface area contributed by atoms with Crippen LogP contribution < -0.4 is 42.1 Å². The summed E-state index contributed by atoms with van der Waals surface area (Å²) < 4.78 is 152. The van der Waals surface area contributed by atoms with Crippen molar-refractivity contribution in [1.29, 1.82) is 0 Å². The number of amides is 4. The first-order chi connectivity index (χ1) is 64.0. The molecule has 17 rings (SSSR count). The van der Waals surface area contributed by atoms with Crippen LogP contribution in [0.25, 0.3) is 0 Å². The van der Waals surface area contributed by atoms with Gasteiger partial charge in [-0.3, -0.25) is 36.4 Å². The number of piperidine rings is 2. The number of nitrogens with one attached hydrogen (secondary N) is 1. The Morgan fingerprint density at radius 1 is 0.358 bits per heavy atom. The van der Waals surface area contributed by atoms with Crippen molar-refractivity contribution in [2.24, 2.45) is 23.7 Å². The molecule has 9 aliphatic rings.